The maximum absolute atomic E-state index is 13.3. The van der Waals surface area contributed by atoms with E-state index in [2.05, 4.69) is 0 Å². The van der Waals surface area contributed by atoms with Crippen LogP contribution in [0.3, 0.4) is 0 Å². The minimum atomic E-state index is -0.733. The number of nitrogens with two attached hydrogens (primary N) is 1. The van der Waals surface area contributed by atoms with Gasteiger partial charge in [0, 0.05) is 21.2 Å². The van der Waals surface area contributed by atoms with Crippen LogP contribution < -0.4 is 11.3 Å². The summed E-state index contributed by atoms with van der Waals surface area (Å²) in [7, 11) is 0. The summed E-state index contributed by atoms with van der Waals surface area (Å²) in [6, 6.07) is 3.23. The molecular weight excluding hydrogens is 342 g/mol. The van der Waals surface area contributed by atoms with E-state index in [-0.39, 0.29) is 11.5 Å². The van der Waals surface area contributed by atoms with Gasteiger partial charge in [-0.25, -0.2) is 4.98 Å². The predicted molar refractivity (Wildman–Crippen MR) is 99.9 cm³/mol. The third kappa shape index (κ3) is 2.57. The van der Waals surface area contributed by atoms with Crippen LogP contribution in [0.1, 0.15) is 43.4 Å². The normalized spacial score (nSPS) is 12.9. The highest BCUT2D eigenvalue weighted by Crippen LogP contribution is 2.38. The van der Waals surface area contributed by atoms with Crippen molar-refractivity contribution in [3.05, 3.63) is 38.6 Å². The Bertz CT molecular complexity index is 968. The lowest BCUT2D eigenvalue weighted by Gasteiger charge is -2.18. The summed E-state index contributed by atoms with van der Waals surface area (Å²) >= 11 is 3.11. The first kappa shape index (κ1) is 16.9. The largest absolute Gasteiger partial charge is 0.368 e. The molecule has 0 spiro atoms. The van der Waals surface area contributed by atoms with Gasteiger partial charge in [0.05, 0.1) is 5.39 Å². The van der Waals surface area contributed by atoms with E-state index >= 15 is 0 Å². The maximum atomic E-state index is 13.3. The lowest BCUT2D eigenvalue weighted by molar-refractivity contribution is -0.120. The number of hydrogen-bond donors (Lipinski definition) is 1. The van der Waals surface area contributed by atoms with Crippen LogP contribution in [0.5, 0.6) is 0 Å². The summed E-state index contributed by atoms with van der Waals surface area (Å²) in [6.45, 7) is 7.56. The zero-order chi connectivity index (χ0) is 17.6. The average Bonchev–Trinajstić information content (AvgIpc) is 3.12. The second-order valence-corrected chi connectivity index (χ2v) is 8.22. The number of carbonyl (C=O) groups is 1. The van der Waals surface area contributed by atoms with E-state index in [9.17, 15) is 9.59 Å². The molecule has 2 N–H and O–H groups in total. The number of fused-ring (bicyclic) bond motifs is 1. The Hall–Kier alpha value is -1.99. The number of amides is 1. The van der Waals surface area contributed by atoms with E-state index < -0.39 is 11.9 Å². The molecule has 126 valence electrons. The second kappa shape index (κ2) is 6.14. The molecule has 0 bridgehead atoms. The molecule has 7 heteroatoms. The number of aryl methyl sites for hydroxylation is 1. The number of thiophene rings is 2. The molecule has 3 rings (SSSR count). The van der Waals surface area contributed by atoms with Crippen molar-refractivity contribution in [2.45, 2.75) is 39.7 Å². The molecule has 3 aromatic heterocycles. The molecule has 24 heavy (non-hydrogen) atoms. The lowest BCUT2D eigenvalue weighted by atomic mass is 10.1. The van der Waals surface area contributed by atoms with Crippen LogP contribution in [0.15, 0.2) is 22.3 Å². The van der Waals surface area contributed by atoms with Gasteiger partial charge in [0.2, 0.25) is 5.91 Å². The zero-order valence-corrected chi connectivity index (χ0v) is 15.6. The zero-order valence-electron chi connectivity index (χ0n) is 14.0. The molecule has 1 unspecified atom stereocenters. The highest BCUT2D eigenvalue weighted by atomic mass is 32.1. The second-order valence-electron chi connectivity index (χ2n) is 6.07. The van der Waals surface area contributed by atoms with Gasteiger partial charge < -0.3 is 5.73 Å². The predicted octanol–water partition coefficient (Wildman–Crippen LogP) is 3.66. The van der Waals surface area contributed by atoms with Crippen molar-refractivity contribution < 1.29 is 4.79 Å². The van der Waals surface area contributed by atoms with Crippen molar-refractivity contribution >= 4 is 38.8 Å². The van der Waals surface area contributed by atoms with E-state index in [4.69, 9.17) is 10.7 Å². The molecule has 3 aromatic rings. The minimum Gasteiger partial charge on any atom is -0.368 e. The SMILES string of the molecule is Cc1sc2nc(C(C)C)n(C(C)C(N)=O)c(=O)c2c1-c1cccs1. The Balaban J connectivity index is 2.44. The molecule has 0 aliphatic carbocycles. The van der Waals surface area contributed by atoms with Crippen LogP contribution in [-0.2, 0) is 4.79 Å². The van der Waals surface area contributed by atoms with Gasteiger partial charge in [-0.2, -0.15) is 0 Å². The third-order valence-corrected chi connectivity index (χ3v) is 5.93. The molecule has 0 fully saturated rings. The van der Waals surface area contributed by atoms with Gasteiger partial charge in [-0.05, 0) is 25.3 Å². The van der Waals surface area contributed by atoms with Gasteiger partial charge in [0.1, 0.15) is 16.7 Å². The highest BCUT2D eigenvalue weighted by molar-refractivity contribution is 7.20. The van der Waals surface area contributed by atoms with Gasteiger partial charge in [-0.15, -0.1) is 22.7 Å². The van der Waals surface area contributed by atoms with Crippen molar-refractivity contribution in [1.29, 1.82) is 0 Å². The van der Waals surface area contributed by atoms with Crippen LogP contribution in [0.4, 0.5) is 0 Å². The van der Waals surface area contributed by atoms with Gasteiger partial charge in [0.25, 0.3) is 5.56 Å². The smallest absolute Gasteiger partial charge is 0.263 e. The topological polar surface area (TPSA) is 78.0 Å². The molecule has 0 aliphatic rings. The summed E-state index contributed by atoms with van der Waals surface area (Å²) < 4.78 is 1.46. The number of primary amides is 1. The summed E-state index contributed by atoms with van der Waals surface area (Å²) in [6.07, 6.45) is 0. The van der Waals surface area contributed by atoms with E-state index in [1.807, 2.05) is 38.3 Å². The van der Waals surface area contributed by atoms with Crippen molar-refractivity contribution in [2.24, 2.45) is 5.73 Å². The van der Waals surface area contributed by atoms with Crippen molar-refractivity contribution in [3.63, 3.8) is 0 Å². The van der Waals surface area contributed by atoms with Crippen LogP contribution in [0.2, 0.25) is 0 Å². The molecule has 5 nitrogen and oxygen atoms in total. The number of nitrogens with zero attached hydrogens (tertiary/aromatic N) is 2. The molecule has 0 saturated carbocycles. The minimum absolute atomic E-state index is 0.0106. The van der Waals surface area contributed by atoms with Gasteiger partial charge in [0.15, 0.2) is 0 Å². The first-order valence-corrected chi connectivity index (χ1v) is 9.41. The standard InChI is InChI=1S/C17H19N3O2S2/c1-8(2)15-19-16-13(17(22)20(15)9(3)14(18)21)12(10(4)24-16)11-6-5-7-23-11/h5-9H,1-4H3,(H2,18,21). The molecule has 3 heterocycles. The Labute approximate surface area is 147 Å². The van der Waals surface area contributed by atoms with E-state index in [1.54, 1.807) is 18.3 Å². The summed E-state index contributed by atoms with van der Waals surface area (Å²) in [5.41, 5.74) is 6.19. The van der Waals surface area contributed by atoms with E-state index in [1.165, 1.54) is 15.9 Å². The fourth-order valence-electron chi connectivity index (χ4n) is 2.82. The number of hydrogen-bond acceptors (Lipinski definition) is 5. The lowest BCUT2D eigenvalue weighted by Crippen LogP contribution is -2.35. The van der Waals surface area contributed by atoms with Crippen molar-refractivity contribution in [1.82, 2.24) is 9.55 Å². The molecule has 1 amide bonds. The molecule has 0 aliphatic heterocycles. The monoisotopic (exact) mass is 361 g/mol. The van der Waals surface area contributed by atoms with E-state index in [0.29, 0.717) is 11.2 Å². The van der Waals surface area contributed by atoms with Crippen LogP contribution in [0.25, 0.3) is 20.7 Å². The molecule has 0 saturated heterocycles. The Morgan fingerprint density at radius 2 is 2.04 bits per heavy atom. The first-order valence-electron chi connectivity index (χ1n) is 7.71. The highest BCUT2D eigenvalue weighted by Gasteiger charge is 2.25. The van der Waals surface area contributed by atoms with Crippen LogP contribution in [-0.4, -0.2) is 15.5 Å². The third-order valence-electron chi connectivity index (χ3n) is 4.04. The summed E-state index contributed by atoms with van der Waals surface area (Å²) in [5, 5.41) is 2.57. The Morgan fingerprint density at radius 3 is 2.58 bits per heavy atom. The number of carbonyl (C=O) groups excluding carboxylic acids is 1. The summed E-state index contributed by atoms with van der Waals surface area (Å²) in [4.78, 5) is 32.5. The Morgan fingerprint density at radius 1 is 1.33 bits per heavy atom. The molecule has 0 radical (unpaired) electrons. The van der Waals surface area contributed by atoms with Crippen LogP contribution in [0, 0.1) is 6.92 Å². The fraction of sp³-hybridized carbons (Fsp3) is 0.353. The fourth-order valence-corrected chi connectivity index (χ4v) is 4.75. The van der Waals surface area contributed by atoms with Crippen molar-refractivity contribution in [3.8, 4) is 10.4 Å². The number of rotatable bonds is 4. The van der Waals surface area contributed by atoms with Gasteiger partial charge >= 0.3 is 0 Å². The average molecular weight is 361 g/mol. The molecular formula is C17H19N3O2S2. The molecule has 1 atom stereocenters. The quantitative estimate of drug-likeness (QED) is 0.770. The Kier molecular flexibility index (Phi) is 4.31. The first-order chi connectivity index (χ1) is 11.3. The van der Waals surface area contributed by atoms with Crippen molar-refractivity contribution in [2.75, 3.05) is 0 Å². The maximum Gasteiger partial charge on any atom is 0.263 e. The van der Waals surface area contributed by atoms with E-state index in [0.717, 1.165) is 20.1 Å². The number of aromatic nitrogens is 2. The van der Waals surface area contributed by atoms with Gasteiger partial charge in [-0.1, -0.05) is 19.9 Å². The summed E-state index contributed by atoms with van der Waals surface area (Å²) in [5.74, 6) is 0.0686. The van der Waals surface area contributed by atoms with Crippen LogP contribution >= 0.6 is 22.7 Å². The molecule has 0 aromatic carbocycles. The van der Waals surface area contributed by atoms with Gasteiger partial charge in [-0.3, -0.25) is 14.2 Å².